The van der Waals surface area contributed by atoms with E-state index in [1.54, 1.807) is 0 Å². The molecule has 0 heterocycles. The Hall–Kier alpha value is 0.371. The summed E-state index contributed by atoms with van der Waals surface area (Å²) in [5.41, 5.74) is 0. The molecule has 0 unspecified atom stereocenters. The Labute approximate surface area is 88.4 Å². The fourth-order valence-corrected chi connectivity index (χ4v) is 0.0630. The quantitative estimate of drug-likeness (QED) is 0.413. The van der Waals surface area contributed by atoms with Crippen molar-refractivity contribution in [3.05, 3.63) is 0 Å². The van der Waals surface area contributed by atoms with E-state index in [4.69, 9.17) is 0 Å². The average molecular weight is 265 g/mol. The summed E-state index contributed by atoms with van der Waals surface area (Å²) in [7, 11) is 0. The Morgan fingerprint density at radius 3 is 1.33 bits per heavy atom. The molecular formula is C2H2BaF2O4. The summed E-state index contributed by atoms with van der Waals surface area (Å²) in [5, 5.41) is 0. The van der Waals surface area contributed by atoms with Crippen molar-refractivity contribution in [2.24, 2.45) is 0 Å². The van der Waals surface area contributed by atoms with Gasteiger partial charge in [0.2, 0.25) is 0 Å². The van der Waals surface area contributed by atoms with Crippen LogP contribution < -0.4 is 0 Å². The van der Waals surface area contributed by atoms with Gasteiger partial charge in [-0.2, -0.15) is 0 Å². The second kappa shape index (κ2) is 6.49. The molecule has 0 aliphatic carbocycles. The van der Waals surface area contributed by atoms with E-state index in [2.05, 4.69) is 9.88 Å². The van der Waals surface area contributed by atoms with Gasteiger partial charge in [-0.25, -0.2) is 19.5 Å². The standard InChI is InChI=1S/C2F2O4.Ba.2H/c3-7-1(5)2(6)8-4;;;. The Bertz CT molecular complexity index is 101. The van der Waals surface area contributed by atoms with Gasteiger partial charge in [-0.3, -0.25) is 0 Å². The van der Waals surface area contributed by atoms with Crippen molar-refractivity contribution in [2.75, 3.05) is 0 Å². The van der Waals surface area contributed by atoms with Gasteiger partial charge in [0.15, 0.2) is 0 Å². The van der Waals surface area contributed by atoms with Gasteiger partial charge < -0.3 is 0 Å². The molecule has 50 valence electrons. The fourth-order valence-electron chi connectivity index (χ4n) is 0.0630. The number of hydrogen-bond donors (Lipinski definition) is 0. The van der Waals surface area contributed by atoms with Crippen molar-refractivity contribution in [2.45, 2.75) is 0 Å². The minimum atomic E-state index is -2.02. The first-order valence-corrected chi connectivity index (χ1v) is 1.38. The van der Waals surface area contributed by atoms with Crippen molar-refractivity contribution in [3.63, 3.8) is 0 Å². The third-order valence-corrected chi connectivity index (χ3v) is 0.307. The van der Waals surface area contributed by atoms with Crippen LogP contribution in [-0.2, 0) is 19.5 Å². The Morgan fingerprint density at radius 1 is 1.00 bits per heavy atom. The molecule has 0 rings (SSSR count). The van der Waals surface area contributed by atoms with Crippen LogP contribution in [0, 0.1) is 0 Å². The molecule has 0 atom stereocenters. The van der Waals surface area contributed by atoms with E-state index in [-0.39, 0.29) is 48.9 Å². The van der Waals surface area contributed by atoms with Crippen LogP contribution in [0.25, 0.3) is 0 Å². The molecule has 0 aliphatic heterocycles. The Kier molecular flexibility index (Phi) is 8.72. The summed E-state index contributed by atoms with van der Waals surface area (Å²) in [6.45, 7) is 0. The van der Waals surface area contributed by atoms with Crippen molar-refractivity contribution < 1.29 is 28.5 Å². The molecule has 4 nitrogen and oxygen atoms in total. The second-order valence-electron chi connectivity index (χ2n) is 0.729. The summed E-state index contributed by atoms with van der Waals surface area (Å²) in [5.74, 6) is -4.04. The van der Waals surface area contributed by atoms with E-state index in [0.717, 1.165) is 0 Å². The van der Waals surface area contributed by atoms with E-state index in [1.807, 2.05) is 0 Å². The molecule has 7 heteroatoms. The van der Waals surface area contributed by atoms with Crippen molar-refractivity contribution in [3.8, 4) is 0 Å². The fraction of sp³-hybridized carbons (Fsp3) is 0. The molecule has 9 heavy (non-hydrogen) atoms. The maximum absolute atomic E-state index is 10.5. The van der Waals surface area contributed by atoms with Crippen LogP contribution in [0.1, 0.15) is 0 Å². The molecule has 0 aromatic carbocycles. The predicted octanol–water partition coefficient (Wildman–Crippen LogP) is -1.07. The zero-order valence-corrected chi connectivity index (χ0v) is 3.39. The first-order valence-electron chi connectivity index (χ1n) is 1.38. The second-order valence-corrected chi connectivity index (χ2v) is 0.729. The average Bonchev–Trinajstić information content (AvgIpc) is 1.84. The van der Waals surface area contributed by atoms with Crippen molar-refractivity contribution >= 4 is 60.8 Å². The van der Waals surface area contributed by atoms with Gasteiger partial charge in [0.25, 0.3) is 0 Å². The first kappa shape index (κ1) is 12.1. The molecule has 0 aromatic rings. The Balaban J connectivity index is 0. The van der Waals surface area contributed by atoms with Crippen molar-refractivity contribution in [1.29, 1.82) is 0 Å². The van der Waals surface area contributed by atoms with Gasteiger partial charge in [0.1, 0.15) is 0 Å². The van der Waals surface area contributed by atoms with Gasteiger partial charge in [0.05, 0.1) is 0 Å². The maximum atomic E-state index is 10.5. The first-order chi connectivity index (χ1) is 3.72. The van der Waals surface area contributed by atoms with E-state index >= 15 is 0 Å². The van der Waals surface area contributed by atoms with Crippen LogP contribution in [0.3, 0.4) is 0 Å². The third kappa shape index (κ3) is 4.85. The predicted molar refractivity (Wildman–Crippen MR) is 22.9 cm³/mol. The summed E-state index contributed by atoms with van der Waals surface area (Å²) in [4.78, 5) is 23.4. The number of carbonyl (C=O) groups excluding carboxylic acids is 2. The van der Waals surface area contributed by atoms with Gasteiger partial charge in [0, 0.05) is 9.05 Å². The monoisotopic (exact) mass is 266 g/mol. The third-order valence-electron chi connectivity index (χ3n) is 0.307. The summed E-state index contributed by atoms with van der Waals surface area (Å²) in [6, 6.07) is 0. The zero-order chi connectivity index (χ0) is 6.57. The van der Waals surface area contributed by atoms with Crippen LogP contribution in [0.2, 0.25) is 0 Å². The van der Waals surface area contributed by atoms with Crippen LogP contribution in [0.4, 0.5) is 9.05 Å². The Morgan fingerprint density at radius 2 is 1.22 bits per heavy atom. The van der Waals surface area contributed by atoms with E-state index in [0.29, 0.717) is 0 Å². The van der Waals surface area contributed by atoms with Crippen LogP contribution in [-0.4, -0.2) is 60.8 Å². The van der Waals surface area contributed by atoms with Gasteiger partial charge in [-0.15, -0.1) is 0 Å². The normalized spacial score (nSPS) is 6.89. The molecule has 0 aromatic heterocycles. The van der Waals surface area contributed by atoms with Crippen LogP contribution in [0.15, 0.2) is 0 Å². The number of hydrogen-bond acceptors (Lipinski definition) is 4. The zero-order valence-electron chi connectivity index (χ0n) is 3.39. The SMILES string of the molecule is O=C(OF)C(=O)OF.[BaH2]. The molecular weight excluding hydrogens is 263 g/mol. The van der Waals surface area contributed by atoms with E-state index < -0.39 is 11.9 Å². The molecule has 0 spiro atoms. The van der Waals surface area contributed by atoms with Gasteiger partial charge >= 0.3 is 60.8 Å². The topological polar surface area (TPSA) is 52.6 Å². The van der Waals surface area contributed by atoms with Gasteiger partial charge in [-0.1, -0.05) is 0 Å². The summed E-state index contributed by atoms with van der Waals surface area (Å²) in [6.07, 6.45) is 0. The molecule has 0 radical (unpaired) electrons. The van der Waals surface area contributed by atoms with Gasteiger partial charge in [-0.05, 0) is 0 Å². The summed E-state index contributed by atoms with van der Waals surface area (Å²) >= 11 is 0. The number of halogens is 2. The number of carbonyl (C=O) groups is 2. The molecule has 0 saturated carbocycles. The molecule has 0 aliphatic rings. The molecule has 0 amide bonds. The molecule has 0 saturated heterocycles. The number of rotatable bonds is 0. The molecule has 0 N–H and O–H groups in total. The minimum absolute atomic E-state index is 0. The van der Waals surface area contributed by atoms with Crippen molar-refractivity contribution in [1.82, 2.24) is 0 Å². The van der Waals surface area contributed by atoms with E-state index in [1.165, 1.54) is 0 Å². The molecule has 0 fully saturated rings. The van der Waals surface area contributed by atoms with E-state index in [9.17, 15) is 18.6 Å². The van der Waals surface area contributed by atoms with Crippen LogP contribution >= 0.6 is 0 Å². The summed E-state index contributed by atoms with van der Waals surface area (Å²) < 4.78 is 21.0. The molecule has 0 bridgehead atoms. The van der Waals surface area contributed by atoms with Crippen LogP contribution in [0.5, 0.6) is 0 Å².